The van der Waals surface area contributed by atoms with Crippen LogP contribution >= 0.6 is 11.8 Å². The molecular formula is C31H44N2O5S. The Balaban J connectivity index is 1.30. The second-order valence-corrected chi connectivity index (χ2v) is 13.7. The summed E-state index contributed by atoms with van der Waals surface area (Å²) in [5.41, 5.74) is 2.59. The Morgan fingerprint density at radius 3 is 2.33 bits per heavy atom. The van der Waals surface area contributed by atoms with Crippen LogP contribution in [0.25, 0.3) is 0 Å². The van der Waals surface area contributed by atoms with Gasteiger partial charge in [-0.2, -0.15) is 0 Å². The molecule has 1 atom stereocenters. The number of rotatable bonds is 10. The van der Waals surface area contributed by atoms with E-state index in [1.54, 1.807) is 11.8 Å². The van der Waals surface area contributed by atoms with Crippen molar-refractivity contribution >= 4 is 17.7 Å². The predicted octanol–water partition coefficient (Wildman–Crippen LogP) is 6.08. The Morgan fingerprint density at radius 2 is 1.67 bits per heavy atom. The van der Waals surface area contributed by atoms with Gasteiger partial charge >= 0.3 is 0 Å². The molecule has 0 aliphatic carbocycles. The highest BCUT2D eigenvalue weighted by atomic mass is 32.2. The number of ether oxygens (including phenoxy) is 3. The van der Waals surface area contributed by atoms with Crippen molar-refractivity contribution in [1.29, 1.82) is 0 Å². The lowest BCUT2D eigenvalue weighted by atomic mass is 9.78. The van der Waals surface area contributed by atoms with E-state index in [0.717, 1.165) is 66.4 Å². The monoisotopic (exact) mass is 556 g/mol. The largest absolute Gasteiger partial charge is 0.507 e. The van der Waals surface area contributed by atoms with Gasteiger partial charge in [0.25, 0.3) is 0 Å². The van der Waals surface area contributed by atoms with Crippen LogP contribution in [0.2, 0.25) is 0 Å². The molecule has 214 valence electrons. The van der Waals surface area contributed by atoms with Crippen molar-refractivity contribution in [1.82, 2.24) is 9.80 Å². The molecule has 1 unspecified atom stereocenters. The van der Waals surface area contributed by atoms with Gasteiger partial charge in [-0.05, 0) is 78.2 Å². The summed E-state index contributed by atoms with van der Waals surface area (Å²) < 4.78 is 16.6. The molecule has 39 heavy (non-hydrogen) atoms. The van der Waals surface area contributed by atoms with Gasteiger partial charge in [0.1, 0.15) is 23.5 Å². The molecule has 0 saturated carbocycles. The first-order valence-electron chi connectivity index (χ1n) is 13.8. The summed E-state index contributed by atoms with van der Waals surface area (Å²) in [4.78, 5) is 17.2. The zero-order valence-corrected chi connectivity index (χ0v) is 25.3. The zero-order chi connectivity index (χ0) is 28.4. The molecule has 7 nitrogen and oxygen atoms in total. The van der Waals surface area contributed by atoms with Gasteiger partial charge < -0.3 is 29.1 Å². The highest BCUT2D eigenvalue weighted by Crippen LogP contribution is 2.45. The van der Waals surface area contributed by atoms with Crippen LogP contribution in [0.3, 0.4) is 0 Å². The summed E-state index contributed by atoms with van der Waals surface area (Å²) in [5.74, 6) is 3.33. The lowest BCUT2D eigenvalue weighted by molar-refractivity contribution is -0.128. The highest BCUT2D eigenvalue weighted by molar-refractivity contribution is 8.00. The summed E-state index contributed by atoms with van der Waals surface area (Å²) in [5, 5.41) is 11.1. The van der Waals surface area contributed by atoms with Crippen molar-refractivity contribution in [3.63, 3.8) is 0 Å². The number of nitrogens with zero attached hydrogens (tertiary/aromatic N) is 2. The summed E-state index contributed by atoms with van der Waals surface area (Å²) >= 11 is 1.69. The van der Waals surface area contributed by atoms with Gasteiger partial charge in [-0.25, -0.2) is 0 Å². The fourth-order valence-corrected chi connectivity index (χ4v) is 6.17. The molecule has 1 amide bonds. The minimum atomic E-state index is -0.199. The smallest absolute Gasteiger partial charge is 0.233 e. The zero-order valence-electron chi connectivity index (χ0n) is 24.5. The molecule has 2 aromatic carbocycles. The Hall–Kier alpha value is -2.58. The standard InChI is InChI=1S/C31H44N2O5S/c1-30(2,3)23-16-21(17-24(28(23)35)31(4,5)6)29-33(27(34)19-39-29)13-9-8-12-32(7)14-15-36-22-10-11-25-26(18-22)38-20-37-25/h10-11,16-18,29,35H,8-9,12-15,19-20H2,1-7H3. The third-order valence-corrected chi connectivity index (χ3v) is 8.53. The molecule has 0 bridgehead atoms. The van der Waals surface area contributed by atoms with Gasteiger partial charge in [-0.15, -0.1) is 11.8 Å². The number of unbranched alkanes of at least 4 members (excludes halogenated alkanes) is 1. The quantitative estimate of drug-likeness (QED) is 0.356. The van der Waals surface area contributed by atoms with Crippen molar-refractivity contribution in [3.05, 3.63) is 47.0 Å². The molecule has 1 saturated heterocycles. The van der Waals surface area contributed by atoms with Gasteiger partial charge in [0, 0.05) is 19.2 Å². The number of benzene rings is 2. The number of phenolic OH excluding ortho intramolecular Hbond substituents is 1. The average molecular weight is 557 g/mol. The normalized spacial score (nSPS) is 17.4. The van der Waals surface area contributed by atoms with E-state index in [4.69, 9.17) is 14.2 Å². The summed E-state index contributed by atoms with van der Waals surface area (Å²) in [6.07, 6.45) is 1.93. The van der Waals surface area contributed by atoms with Crippen LogP contribution in [0.1, 0.15) is 76.4 Å². The first kappa shape index (κ1) is 29.4. The number of amides is 1. The van der Waals surface area contributed by atoms with Gasteiger partial charge in [-0.3, -0.25) is 4.79 Å². The SMILES string of the molecule is CN(CCCCN1C(=O)CSC1c1cc(C(C)(C)C)c(O)c(C(C)(C)C)c1)CCOc1ccc2c(c1)OCO2. The average Bonchev–Trinajstić information content (AvgIpc) is 3.46. The third kappa shape index (κ3) is 7.14. The summed E-state index contributed by atoms with van der Waals surface area (Å²) in [6.45, 7) is 16.1. The van der Waals surface area contributed by atoms with E-state index in [0.29, 0.717) is 18.1 Å². The van der Waals surface area contributed by atoms with Crippen LogP contribution in [0.4, 0.5) is 0 Å². The predicted molar refractivity (Wildman–Crippen MR) is 157 cm³/mol. The molecule has 2 aliphatic heterocycles. The second kappa shape index (κ2) is 11.9. The van der Waals surface area contributed by atoms with Crippen molar-refractivity contribution < 1.29 is 24.1 Å². The van der Waals surface area contributed by atoms with Crippen LogP contribution < -0.4 is 14.2 Å². The Kier molecular flexibility index (Phi) is 8.96. The molecule has 0 radical (unpaired) electrons. The lowest BCUT2D eigenvalue weighted by Gasteiger charge is -2.31. The molecule has 0 spiro atoms. The number of fused-ring (bicyclic) bond motifs is 1. The number of likely N-dealkylation sites (N-methyl/N-ethyl adjacent to an activating group) is 1. The number of carbonyl (C=O) groups is 1. The molecule has 0 aromatic heterocycles. The molecule has 4 rings (SSSR count). The molecule has 8 heteroatoms. The number of thioether (sulfide) groups is 1. The van der Waals surface area contributed by atoms with Crippen molar-refractivity contribution in [2.75, 3.05) is 45.8 Å². The van der Waals surface area contributed by atoms with Gasteiger partial charge in [0.15, 0.2) is 11.5 Å². The summed E-state index contributed by atoms with van der Waals surface area (Å²) in [7, 11) is 2.10. The third-order valence-electron chi connectivity index (χ3n) is 7.28. The van der Waals surface area contributed by atoms with E-state index in [1.807, 2.05) is 23.1 Å². The van der Waals surface area contributed by atoms with Crippen molar-refractivity contribution in [2.45, 2.75) is 70.6 Å². The van der Waals surface area contributed by atoms with Crippen LogP contribution in [-0.4, -0.2) is 66.6 Å². The topological polar surface area (TPSA) is 71.5 Å². The molecule has 2 heterocycles. The number of hydrogen-bond acceptors (Lipinski definition) is 7. The van der Waals surface area contributed by atoms with Gasteiger partial charge in [0.2, 0.25) is 12.7 Å². The second-order valence-electron chi connectivity index (χ2n) is 12.6. The maximum absolute atomic E-state index is 12.9. The molecule has 1 fully saturated rings. The van der Waals surface area contributed by atoms with Gasteiger partial charge in [0.05, 0.1) is 5.75 Å². The Bertz CT molecular complexity index is 1140. The summed E-state index contributed by atoms with van der Waals surface area (Å²) in [6, 6.07) is 9.87. The van der Waals surface area contributed by atoms with E-state index in [1.165, 1.54) is 0 Å². The van der Waals surface area contributed by atoms with E-state index in [9.17, 15) is 9.90 Å². The first-order chi connectivity index (χ1) is 18.3. The van der Waals surface area contributed by atoms with Crippen LogP contribution in [-0.2, 0) is 15.6 Å². The van der Waals surface area contributed by atoms with Crippen molar-refractivity contribution in [3.8, 4) is 23.0 Å². The number of hydrogen-bond donors (Lipinski definition) is 1. The molecule has 2 aromatic rings. The van der Waals surface area contributed by atoms with Crippen LogP contribution in [0, 0.1) is 0 Å². The minimum absolute atomic E-state index is 0.0202. The highest BCUT2D eigenvalue weighted by Gasteiger charge is 2.35. The molecule has 1 N–H and O–H groups in total. The fourth-order valence-electron chi connectivity index (χ4n) is 4.98. The van der Waals surface area contributed by atoms with Crippen LogP contribution in [0.5, 0.6) is 23.0 Å². The van der Waals surface area contributed by atoms with E-state index < -0.39 is 0 Å². The maximum Gasteiger partial charge on any atom is 0.233 e. The fraction of sp³-hybridized carbons (Fsp3) is 0.581. The van der Waals surface area contributed by atoms with Gasteiger partial charge in [-0.1, -0.05) is 41.5 Å². The van der Waals surface area contributed by atoms with E-state index in [-0.39, 0.29) is 28.9 Å². The number of aromatic hydroxyl groups is 1. The van der Waals surface area contributed by atoms with E-state index >= 15 is 0 Å². The molecule has 2 aliphatic rings. The Labute approximate surface area is 237 Å². The van der Waals surface area contributed by atoms with Crippen LogP contribution in [0.15, 0.2) is 30.3 Å². The molecular weight excluding hydrogens is 512 g/mol. The van der Waals surface area contributed by atoms with Crippen molar-refractivity contribution in [2.24, 2.45) is 0 Å². The maximum atomic E-state index is 12.9. The number of phenols is 1. The minimum Gasteiger partial charge on any atom is -0.507 e. The Morgan fingerprint density at radius 1 is 1.00 bits per heavy atom. The number of carbonyl (C=O) groups excluding carboxylic acids is 1. The first-order valence-corrected chi connectivity index (χ1v) is 14.9. The van der Waals surface area contributed by atoms with E-state index in [2.05, 4.69) is 65.6 Å². The lowest BCUT2D eigenvalue weighted by Crippen LogP contribution is -2.31.